The minimum Gasteiger partial charge on any atom is -0.450 e. The number of anilines is 2. The van der Waals surface area contributed by atoms with Crippen LogP contribution in [-0.4, -0.2) is 28.2 Å². The second kappa shape index (κ2) is 8.48. The first-order chi connectivity index (χ1) is 14.6. The number of rotatable bonds is 5. The van der Waals surface area contributed by atoms with E-state index in [0.717, 1.165) is 16.7 Å². The van der Waals surface area contributed by atoms with Crippen LogP contribution in [0.25, 0.3) is 16.7 Å². The Balaban J connectivity index is 1.47. The van der Waals surface area contributed by atoms with Crippen LogP contribution in [0.15, 0.2) is 79.1 Å². The predicted octanol–water partition coefficient (Wildman–Crippen LogP) is 4.85. The maximum absolute atomic E-state index is 12.6. The zero-order valence-electron chi connectivity index (χ0n) is 16.3. The molecule has 0 fully saturated rings. The van der Waals surface area contributed by atoms with Gasteiger partial charge < -0.3 is 10.1 Å². The minimum atomic E-state index is -0.558. The molecular weight excluding hydrogens is 380 g/mol. The monoisotopic (exact) mass is 400 g/mol. The second-order valence-electron chi connectivity index (χ2n) is 6.53. The molecule has 0 aliphatic rings. The number of hydrogen-bond donors (Lipinski definition) is 2. The highest BCUT2D eigenvalue weighted by Crippen LogP contribution is 2.20. The largest absolute Gasteiger partial charge is 0.450 e. The molecule has 7 heteroatoms. The van der Waals surface area contributed by atoms with Crippen LogP contribution in [0.4, 0.5) is 16.2 Å². The average Bonchev–Trinajstić information content (AvgIpc) is 3.19. The van der Waals surface area contributed by atoms with Crippen molar-refractivity contribution in [3.63, 3.8) is 0 Å². The highest BCUT2D eigenvalue weighted by atomic mass is 16.5. The molecular formula is C23H20N4O3. The Morgan fingerprint density at radius 1 is 0.933 bits per heavy atom. The zero-order valence-corrected chi connectivity index (χ0v) is 16.3. The first-order valence-corrected chi connectivity index (χ1v) is 9.52. The van der Waals surface area contributed by atoms with Gasteiger partial charge in [-0.1, -0.05) is 18.2 Å². The van der Waals surface area contributed by atoms with Gasteiger partial charge in [-0.2, -0.15) is 0 Å². The minimum absolute atomic E-state index is 0.275. The Kier molecular flexibility index (Phi) is 5.43. The number of aromatic nitrogens is 2. The van der Waals surface area contributed by atoms with Crippen molar-refractivity contribution < 1.29 is 14.3 Å². The number of amides is 2. The Labute approximate surface area is 173 Å². The lowest BCUT2D eigenvalue weighted by molar-refractivity contribution is 0.102. The highest BCUT2D eigenvalue weighted by Gasteiger charge is 2.09. The summed E-state index contributed by atoms with van der Waals surface area (Å²) in [6.07, 6.45) is 1.22. The fourth-order valence-electron chi connectivity index (χ4n) is 3.10. The van der Waals surface area contributed by atoms with Crippen molar-refractivity contribution >= 4 is 34.4 Å². The summed E-state index contributed by atoms with van der Waals surface area (Å²) in [4.78, 5) is 28.6. The fourth-order valence-corrected chi connectivity index (χ4v) is 3.10. The second-order valence-corrected chi connectivity index (χ2v) is 6.53. The molecule has 0 spiro atoms. The van der Waals surface area contributed by atoms with Gasteiger partial charge in [-0.15, -0.1) is 0 Å². The molecule has 7 nitrogen and oxygen atoms in total. The molecule has 3 aromatic carbocycles. The SMILES string of the molecule is CCOC(=O)Nc1cccc(C(=O)Nc2ccc(-n3cnc4ccccc43)cc2)c1. The molecule has 0 saturated heterocycles. The molecule has 0 radical (unpaired) electrons. The number of imidazole rings is 1. The van der Waals surface area contributed by atoms with Gasteiger partial charge >= 0.3 is 6.09 Å². The predicted molar refractivity (Wildman–Crippen MR) is 116 cm³/mol. The third-order valence-electron chi connectivity index (χ3n) is 4.50. The summed E-state index contributed by atoms with van der Waals surface area (Å²) in [6.45, 7) is 2.00. The van der Waals surface area contributed by atoms with E-state index in [4.69, 9.17) is 4.74 Å². The topological polar surface area (TPSA) is 85.2 Å². The van der Waals surface area contributed by atoms with Crippen LogP contribution in [-0.2, 0) is 4.74 Å². The smallest absolute Gasteiger partial charge is 0.411 e. The summed E-state index contributed by atoms with van der Waals surface area (Å²) in [5.74, 6) is -0.275. The Hall–Kier alpha value is -4.13. The van der Waals surface area contributed by atoms with E-state index in [1.807, 2.05) is 53.1 Å². The van der Waals surface area contributed by atoms with Crippen molar-refractivity contribution in [2.24, 2.45) is 0 Å². The highest BCUT2D eigenvalue weighted by molar-refractivity contribution is 6.05. The number of hydrogen-bond acceptors (Lipinski definition) is 4. The third kappa shape index (κ3) is 4.15. The number of para-hydroxylation sites is 2. The lowest BCUT2D eigenvalue weighted by Gasteiger charge is -2.09. The summed E-state index contributed by atoms with van der Waals surface area (Å²) >= 11 is 0. The molecule has 2 N–H and O–H groups in total. The molecule has 2 amide bonds. The summed E-state index contributed by atoms with van der Waals surface area (Å²) < 4.78 is 6.84. The van der Waals surface area contributed by atoms with Crippen molar-refractivity contribution in [2.45, 2.75) is 6.92 Å². The van der Waals surface area contributed by atoms with Gasteiger partial charge in [0.1, 0.15) is 6.33 Å². The first kappa shape index (κ1) is 19.2. The molecule has 0 atom stereocenters. The molecule has 0 aliphatic heterocycles. The molecule has 0 saturated carbocycles. The Morgan fingerprint density at radius 2 is 1.73 bits per heavy atom. The van der Waals surface area contributed by atoms with Crippen LogP contribution in [0.2, 0.25) is 0 Å². The van der Waals surface area contributed by atoms with E-state index in [9.17, 15) is 9.59 Å². The molecule has 4 rings (SSSR count). The van der Waals surface area contributed by atoms with E-state index in [2.05, 4.69) is 15.6 Å². The molecule has 4 aromatic rings. The maximum atomic E-state index is 12.6. The van der Waals surface area contributed by atoms with E-state index in [0.29, 0.717) is 16.9 Å². The number of carbonyl (C=O) groups is 2. The van der Waals surface area contributed by atoms with Gasteiger partial charge in [0.15, 0.2) is 0 Å². The van der Waals surface area contributed by atoms with E-state index >= 15 is 0 Å². The van der Waals surface area contributed by atoms with Crippen LogP contribution in [0.3, 0.4) is 0 Å². The van der Waals surface area contributed by atoms with Gasteiger partial charge in [0, 0.05) is 22.6 Å². The summed E-state index contributed by atoms with van der Waals surface area (Å²) in [5.41, 5.74) is 4.46. The van der Waals surface area contributed by atoms with Gasteiger partial charge in [-0.3, -0.25) is 14.7 Å². The number of ether oxygens (including phenoxy) is 1. The molecule has 0 bridgehead atoms. The lowest BCUT2D eigenvalue weighted by atomic mass is 10.2. The van der Waals surface area contributed by atoms with Crippen LogP contribution in [0.5, 0.6) is 0 Å². The number of nitrogens with one attached hydrogen (secondary N) is 2. The van der Waals surface area contributed by atoms with Crippen LogP contribution in [0.1, 0.15) is 17.3 Å². The van der Waals surface area contributed by atoms with E-state index in [1.54, 1.807) is 37.5 Å². The molecule has 30 heavy (non-hydrogen) atoms. The summed E-state index contributed by atoms with van der Waals surface area (Å²) in [5, 5.41) is 5.46. The standard InChI is InChI=1S/C23H20N4O3/c1-2-30-23(29)26-18-7-5-6-16(14-18)22(28)25-17-10-12-19(13-11-17)27-15-24-20-8-3-4-9-21(20)27/h3-15H,2H2,1H3,(H,25,28)(H,26,29). The molecule has 0 aliphatic carbocycles. The fraction of sp³-hybridized carbons (Fsp3) is 0.0870. The molecule has 1 aromatic heterocycles. The van der Waals surface area contributed by atoms with Gasteiger partial charge in [0.05, 0.1) is 17.6 Å². The van der Waals surface area contributed by atoms with Crippen molar-refractivity contribution in [3.05, 3.63) is 84.7 Å². The maximum Gasteiger partial charge on any atom is 0.411 e. The summed E-state index contributed by atoms with van der Waals surface area (Å²) in [6, 6.07) is 22.1. The van der Waals surface area contributed by atoms with Gasteiger partial charge in [0.2, 0.25) is 0 Å². The number of carbonyl (C=O) groups excluding carboxylic acids is 2. The average molecular weight is 400 g/mol. The van der Waals surface area contributed by atoms with Gasteiger partial charge in [-0.25, -0.2) is 9.78 Å². The number of nitrogens with zero attached hydrogens (tertiary/aromatic N) is 2. The quantitative estimate of drug-likeness (QED) is 0.502. The van der Waals surface area contributed by atoms with Gasteiger partial charge in [0.25, 0.3) is 5.91 Å². The Morgan fingerprint density at radius 3 is 2.53 bits per heavy atom. The van der Waals surface area contributed by atoms with E-state index in [-0.39, 0.29) is 12.5 Å². The Bertz CT molecular complexity index is 1200. The van der Waals surface area contributed by atoms with Crippen molar-refractivity contribution in [3.8, 4) is 5.69 Å². The van der Waals surface area contributed by atoms with Crippen molar-refractivity contribution in [1.29, 1.82) is 0 Å². The van der Waals surface area contributed by atoms with E-state index in [1.165, 1.54) is 0 Å². The van der Waals surface area contributed by atoms with Crippen molar-refractivity contribution in [1.82, 2.24) is 9.55 Å². The van der Waals surface area contributed by atoms with Crippen molar-refractivity contribution in [2.75, 3.05) is 17.2 Å². The van der Waals surface area contributed by atoms with Crippen LogP contribution < -0.4 is 10.6 Å². The lowest BCUT2D eigenvalue weighted by Crippen LogP contribution is -2.15. The normalized spacial score (nSPS) is 10.6. The summed E-state index contributed by atoms with van der Waals surface area (Å²) in [7, 11) is 0. The zero-order chi connectivity index (χ0) is 20.9. The number of benzene rings is 3. The molecule has 0 unspecified atom stereocenters. The first-order valence-electron chi connectivity index (χ1n) is 9.52. The van der Waals surface area contributed by atoms with Crippen LogP contribution >= 0.6 is 0 Å². The number of fused-ring (bicyclic) bond motifs is 1. The van der Waals surface area contributed by atoms with Crippen LogP contribution in [0, 0.1) is 0 Å². The van der Waals surface area contributed by atoms with Gasteiger partial charge in [-0.05, 0) is 61.5 Å². The van der Waals surface area contributed by atoms with E-state index < -0.39 is 6.09 Å². The molecule has 150 valence electrons. The third-order valence-corrected chi connectivity index (χ3v) is 4.50. The molecule has 1 heterocycles.